The van der Waals surface area contributed by atoms with Gasteiger partial charge in [0.15, 0.2) is 0 Å². The molecule has 152 valence electrons. The molecule has 2 heterocycles. The quantitative estimate of drug-likeness (QED) is 0.709. The van der Waals surface area contributed by atoms with Gasteiger partial charge in [0.1, 0.15) is 5.82 Å². The Kier molecular flexibility index (Phi) is 5.24. The van der Waals surface area contributed by atoms with Gasteiger partial charge in [0.2, 0.25) is 10.0 Å². The molecule has 29 heavy (non-hydrogen) atoms. The molecule has 0 spiro atoms. The number of nitrogens with zero attached hydrogens (tertiary/aromatic N) is 3. The predicted molar refractivity (Wildman–Crippen MR) is 112 cm³/mol. The molecule has 0 unspecified atom stereocenters. The van der Waals surface area contributed by atoms with Crippen LogP contribution in [0.5, 0.6) is 0 Å². The van der Waals surface area contributed by atoms with Gasteiger partial charge in [-0.3, -0.25) is 9.69 Å². The van der Waals surface area contributed by atoms with Gasteiger partial charge in [-0.1, -0.05) is 29.8 Å². The Labute approximate surface area is 170 Å². The first kappa shape index (κ1) is 19.8. The van der Waals surface area contributed by atoms with E-state index in [1.165, 1.54) is 4.31 Å². The van der Waals surface area contributed by atoms with Gasteiger partial charge in [-0.15, -0.1) is 0 Å². The van der Waals surface area contributed by atoms with Gasteiger partial charge >= 0.3 is 0 Å². The number of aryl methyl sites for hydroxylation is 2. The van der Waals surface area contributed by atoms with Crippen LogP contribution in [0.4, 0.5) is 0 Å². The summed E-state index contributed by atoms with van der Waals surface area (Å²) in [4.78, 5) is 22.1. The van der Waals surface area contributed by atoms with Crippen LogP contribution in [0.2, 0.25) is 0 Å². The van der Waals surface area contributed by atoms with Crippen molar-refractivity contribution in [3.05, 3.63) is 69.8 Å². The largest absolute Gasteiger partial charge is 0.309 e. The third kappa shape index (κ3) is 3.96. The Morgan fingerprint density at radius 1 is 1.03 bits per heavy atom. The number of sulfonamides is 1. The van der Waals surface area contributed by atoms with Gasteiger partial charge in [-0.2, -0.15) is 4.31 Å². The second kappa shape index (κ2) is 7.70. The molecule has 3 aromatic rings. The van der Waals surface area contributed by atoms with Gasteiger partial charge < -0.3 is 4.98 Å². The lowest BCUT2D eigenvalue weighted by Crippen LogP contribution is -2.48. The van der Waals surface area contributed by atoms with E-state index in [-0.39, 0.29) is 5.56 Å². The summed E-state index contributed by atoms with van der Waals surface area (Å²) < 4.78 is 27.6. The fourth-order valence-corrected chi connectivity index (χ4v) is 5.41. The van der Waals surface area contributed by atoms with Crippen molar-refractivity contribution >= 4 is 20.9 Å². The van der Waals surface area contributed by atoms with E-state index >= 15 is 0 Å². The molecule has 1 aliphatic heterocycles. The number of para-hydroxylation sites is 1. The van der Waals surface area contributed by atoms with Crippen molar-refractivity contribution in [3.8, 4) is 0 Å². The summed E-state index contributed by atoms with van der Waals surface area (Å²) in [7, 11) is -3.51. The second-order valence-corrected chi connectivity index (χ2v) is 9.39. The first-order valence-electron chi connectivity index (χ1n) is 9.62. The summed E-state index contributed by atoms with van der Waals surface area (Å²) in [5.41, 5.74) is 2.33. The van der Waals surface area contributed by atoms with Crippen LogP contribution in [0.3, 0.4) is 0 Å². The first-order chi connectivity index (χ1) is 13.8. The molecular weight excluding hydrogens is 388 g/mol. The monoisotopic (exact) mass is 412 g/mol. The molecule has 1 aliphatic rings. The Hall–Kier alpha value is -2.55. The van der Waals surface area contributed by atoms with Crippen molar-refractivity contribution in [1.82, 2.24) is 19.2 Å². The smallest absolute Gasteiger partial charge is 0.258 e. The Bertz CT molecular complexity index is 1210. The zero-order valence-electron chi connectivity index (χ0n) is 16.6. The van der Waals surface area contributed by atoms with Gasteiger partial charge in [-0.05, 0) is 37.6 Å². The van der Waals surface area contributed by atoms with Crippen molar-refractivity contribution in [2.45, 2.75) is 25.3 Å². The number of hydrogen-bond donors (Lipinski definition) is 1. The average molecular weight is 413 g/mol. The predicted octanol–water partition coefficient (Wildman–Crippen LogP) is 2.05. The van der Waals surface area contributed by atoms with Crippen LogP contribution in [-0.2, 0) is 16.6 Å². The molecule has 1 fully saturated rings. The van der Waals surface area contributed by atoms with Crippen LogP contribution in [-0.4, -0.2) is 53.8 Å². The second-order valence-electron chi connectivity index (χ2n) is 7.48. The molecule has 0 aliphatic carbocycles. The molecule has 1 aromatic heterocycles. The van der Waals surface area contributed by atoms with Gasteiger partial charge in [0, 0.05) is 26.2 Å². The number of hydrogen-bond acceptors (Lipinski definition) is 5. The number of fused-ring (bicyclic) bond motifs is 1. The molecule has 0 bridgehead atoms. The van der Waals surface area contributed by atoms with E-state index in [1.54, 1.807) is 12.1 Å². The SMILES string of the molecule is Cc1ccc(S(=O)(=O)N2CCN(Cc3nc4ccccc4c(=O)[nH]3)CC2)c(C)c1. The Morgan fingerprint density at radius 2 is 1.76 bits per heavy atom. The lowest BCUT2D eigenvalue weighted by atomic mass is 10.2. The molecule has 7 nitrogen and oxygen atoms in total. The van der Waals surface area contributed by atoms with E-state index < -0.39 is 10.0 Å². The summed E-state index contributed by atoms with van der Waals surface area (Å²) >= 11 is 0. The summed E-state index contributed by atoms with van der Waals surface area (Å²) in [6.07, 6.45) is 0. The minimum absolute atomic E-state index is 0.151. The highest BCUT2D eigenvalue weighted by Gasteiger charge is 2.29. The topological polar surface area (TPSA) is 86.4 Å². The fourth-order valence-electron chi connectivity index (χ4n) is 3.78. The number of H-pyrrole nitrogens is 1. The number of rotatable bonds is 4. The minimum atomic E-state index is -3.51. The molecule has 1 N–H and O–H groups in total. The average Bonchev–Trinajstić information content (AvgIpc) is 2.68. The number of benzene rings is 2. The number of nitrogens with one attached hydrogen (secondary N) is 1. The number of piperazine rings is 1. The number of aromatic nitrogens is 2. The van der Waals surface area contributed by atoms with Crippen molar-refractivity contribution in [2.75, 3.05) is 26.2 Å². The van der Waals surface area contributed by atoms with Crippen molar-refractivity contribution in [3.63, 3.8) is 0 Å². The van der Waals surface area contributed by atoms with Crippen molar-refractivity contribution in [2.24, 2.45) is 0 Å². The summed E-state index contributed by atoms with van der Waals surface area (Å²) in [5, 5.41) is 0.570. The third-order valence-corrected chi connectivity index (χ3v) is 7.37. The van der Waals surface area contributed by atoms with Crippen LogP contribution in [0.1, 0.15) is 17.0 Å². The van der Waals surface area contributed by atoms with E-state index in [0.717, 1.165) is 11.1 Å². The Balaban J connectivity index is 1.46. The minimum Gasteiger partial charge on any atom is -0.309 e. The van der Waals surface area contributed by atoms with Crippen LogP contribution >= 0.6 is 0 Å². The highest BCUT2D eigenvalue weighted by molar-refractivity contribution is 7.89. The fraction of sp³-hybridized carbons (Fsp3) is 0.333. The summed E-state index contributed by atoms with van der Waals surface area (Å²) in [6.45, 7) is 6.25. The Morgan fingerprint density at radius 3 is 2.48 bits per heavy atom. The molecule has 2 aromatic carbocycles. The van der Waals surface area contributed by atoms with Crippen LogP contribution in [0.15, 0.2) is 52.2 Å². The van der Waals surface area contributed by atoms with E-state index in [9.17, 15) is 13.2 Å². The molecular formula is C21H24N4O3S. The molecule has 0 saturated carbocycles. The molecule has 4 rings (SSSR count). The molecule has 0 radical (unpaired) electrons. The maximum Gasteiger partial charge on any atom is 0.258 e. The molecule has 0 atom stereocenters. The van der Waals surface area contributed by atoms with Crippen LogP contribution in [0, 0.1) is 13.8 Å². The first-order valence-corrected chi connectivity index (χ1v) is 11.1. The third-order valence-electron chi connectivity index (χ3n) is 5.31. The highest BCUT2D eigenvalue weighted by Crippen LogP contribution is 2.22. The zero-order valence-corrected chi connectivity index (χ0v) is 17.4. The summed E-state index contributed by atoms with van der Waals surface area (Å²) in [6, 6.07) is 12.7. The summed E-state index contributed by atoms with van der Waals surface area (Å²) in [5.74, 6) is 0.597. The maximum atomic E-state index is 13.0. The highest BCUT2D eigenvalue weighted by atomic mass is 32.2. The van der Waals surface area contributed by atoms with Crippen molar-refractivity contribution < 1.29 is 8.42 Å². The lowest BCUT2D eigenvalue weighted by Gasteiger charge is -2.33. The normalized spacial score (nSPS) is 16.3. The van der Waals surface area contributed by atoms with Crippen molar-refractivity contribution in [1.29, 1.82) is 0 Å². The zero-order chi connectivity index (χ0) is 20.6. The molecule has 1 saturated heterocycles. The van der Waals surface area contributed by atoms with Crippen LogP contribution < -0.4 is 5.56 Å². The van der Waals surface area contributed by atoms with Gasteiger partial charge in [0.25, 0.3) is 5.56 Å². The van der Waals surface area contributed by atoms with Crippen LogP contribution in [0.25, 0.3) is 10.9 Å². The van der Waals surface area contributed by atoms with E-state index in [4.69, 9.17) is 0 Å². The standard InChI is InChI=1S/C21H24N4O3S/c1-15-7-8-19(16(2)13-15)29(27,28)25-11-9-24(10-12-25)14-20-22-18-6-4-3-5-17(18)21(26)23-20/h3-8,13H,9-12,14H2,1-2H3,(H,22,23,26). The maximum absolute atomic E-state index is 13.0. The van der Waals surface area contributed by atoms with Gasteiger partial charge in [-0.25, -0.2) is 13.4 Å². The number of aromatic amines is 1. The van der Waals surface area contributed by atoms with E-state index in [1.807, 2.05) is 44.2 Å². The van der Waals surface area contributed by atoms with Gasteiger partial charge in [0.05, 0.1) is 22.3 Å². The molecule has 0 amide bonds. The van der Waals surface area contributed by atoms with E-state index in [0.29, 0.717) is 54.3 Å². The lowest BCUT2D eigenvalue weighted by molar-refractivity contribution is 0.178. The molecule has 8 heteroatoms. The van der Waals surface area contributed by atoms with E-state index in [2.05, 4.69) is 14.9 Å².